The van der Waals surface area contributed by atoms with E-state index in [1.807, 2.05) is 12.1 Å². The third-order valence-corrected chi connectivity index (χ3v) is 6.04. The third kappa shape index (κ3) is 5.51. The molecular formula is C25H31FN4O. The minimum atomic E-state index is -0.278. The van der Waals surface area contributed by atoms with Crippen LogP contribution in [0.1, 0.15) is 18.2 Å². The van der Waals surface area contributed by atoms with Crippen molar-refractivity contribution in [2.24, 2.45) is 0 Å². The summed E-state index contributed by atoms with van der Waals surface area (Å²) in [5.74, 6) is 0.490. The molecule has 2 aromatic carbocycles. The first kappa shape index (κ1) is 21.5. The van der Waals surface area contributed by atoms with Crippen molar-refractivity contribution in [3.8, 4) is 11.3 Å². The number of benzene rings is 2. The van der Waals surface area contributed by atoms with Crippen molar-refractivity contribution in [1.29, 1.82) is 0 Å². The van der Waals surface area contributed by atoms with Crippen molar-refractivity contribution < 1.29 is 8.91 Å². The Morgan fingerprint density at radius 1 is 1.03 bits per heavy atom. The van der Waals surface area contributed by atoms with E-state index < -0.39 is 0 Å². The Morgan fingerprint density at radius 2 is 1.77 bits per heavy atom. The van der Waals surface area contributed by atoms with E-state index in [4.69, 9.17) is 4.52 Å². The fourth-order valence-corrected chi connectivity index (χ4v) is 4.02. The van der Waals surface area contributed by atoms with Gasteiger partial charge in [-0.3, -0.25) is 9.80 Å². The van der Waals surface area contributed by atoms with E-state index in [1.165, 1.54) is 17.3 Å². The molecule has 1 aliphatic rings. The summed E-state index contributed by atoms with van der Waals surface area (Å²) >= 11 is 0. The van der Waals surface area contributed by atoms with Gasteiger partial charge >= 0.3 is 0 Å². The van der Waals surface area contributed by atoms with Gasteiger partial charge in [0, 0.05) is 56.6 Å². The van der Waals surface area contributed by atoms with E-state index in [9.17, 15) is 4.39 Å². The maximum atomic E-state index is 14.0. The first-order valence-corrected chi connectivity index (χ1v) is 11.1. The van der Waals surface area contributed by atoms with Crippen molar-refractivity contribution in [1.82, 2.24) is 15.0 Å². The number of halogens is 1. The van der Waals surface area contributed by atoms with Crippen LogP contribution in [0.15, 0.2) is 59.1 Å². The van der Waals surface area contributed by atoms with Crippen LogP contribution in [0, 0.1) is 12.7 Å². The van der Waals surface area contributed by atoms with Crippen molar-refractivity contribution in [2.45, 2.75) is 20.4 Å². The Hall–Kier alpha value is -2.70. The lowest BCUT2D eigenvalue weighted by Crippen LogP contribution is -2.48. The van der Waals surface area contributed by atoms with Gasteiger partial charge in [0.2, 0.25) is 0 Å². The number of rotatable bonds is 8. The lowest BCUT2D eigenvalue weighted by atomic mass is 10.1. The highest BCUT2D eigenvalue weighted by Gasteiger charge is 2.18. The second-order valence-corrected chi connectivity index (χ2v) is 8.19. The molecule has 0 atom stereocenters. The summed E-state index contributed by atoms with van der Waals surface area (Å²) in [6.07, 6.45) is 0. The van der Waals surface area contributed by atoms with E-state index in [0.717, 1.165) is 51.6 Å². The van der Waals surface area contributed by atoms with Crippen LogP contribution in [0.2, 0.25) is 0 Å². The van der Waals surface area contributed by atoms with Gasteiger partial charge in [0.15, 0.2) is 5.76 Å². The van der Waals surface area contributed by atoms with Crippen LogP contribution in [-0.2, 0) is 6.54 Å². The average molecular weight is 423 g/mol. The monoisotopic (exact) mass is 422 g/mol. The molecule has 0 aliphatic carbocycles. The molecule has 0 bridgehead atoms. The quantitative estimate of drug-likeness (QED) is 0.537. The lowest BCUT2D eigenvalue weighted by Gasteiger charge is -2.37. The predicted molar refractivity (Wildman–Crippen MR) is 123 cm³/mol. The molecule has 2 heterocycles. The summed E-state index contributed by atoms with van der Waals surface area (Å²) in [5.41, 5.74) is 3.65. The molecule has 1 aliphatic heterocycles. The largest absolute Gasteiger partial charge is 0.369 e. The third-order valence-electron chi connectivity index (χ3n) is 6.04. The molecule has 0 radical (unpaired) electrons. The van der Waals surface area contributed by atoms with Crippen molar-refractivity contribution >= 4 is 5.69 Å². The van der Waals surface area contributed by atoms with Crippen molar-refractivity contribution in [3.63, 3.8) is 0 Å². The fraction of sp³-hybridized carbons (Fsp3) is 0.400. The molecule has 6 heteroatoms. The van der Waals surface area contributed by atoms with Crippen molar-refractivity contribution in [3.05, 3.63) is 71.7 Å². The van der Waals surface area contributed by atoms with Crippen LogP contribution < -0.4 is 4.90 Å². The van der Waals surface area contributed by atoms with Gasteiger partial charge in [-0.05, 0) is 37.7 Å². The second kappa shape index (κ2) is 10.1. The molecule has 5 nitrogen and oxygen atoms in total. The minimum Gasteiger partial charge on any atom is -0.369 e. The smallest absolute Gasteiger partial charge is 0.151 e. The summed E-state index contributed by atoms with van der Waals surface area (Å²) in [5, 5.41) is 4.07. The van der Waals surface area contributed by atoms with Crippen LogP contribution in [0.25, 0.3) is 11.3 Å². The molecule has 0 unspecified atom stereocenters. The summed E-state index contributed by atoms with van der Waals surface area (Å²) in [7, 11) is 0. The number of likely N-dealkylation sites (N-methyl/N-ethyl adjacent to an activating group) is 1. The summed E-state index contributed by atoms with van der Waals surface area (Å²) < 4.78 is 19.5. The highest BCUT2D eigenvalue weighted by atomic mass is 19.1. The standard InChI is InChI=1S/C25H31FN4O/c1-3-28(19-22-18-25(27-31-22)23-6-4-5-7-24(23)26)12-13-29-14-16-30(17-15-29)21-10-8-20(2)9-11-21/h4-11,18H,3,12-17,19H2,1-2H3. The van der Waals surface area contributed by atoms with E-state index in [-0.39, 0.29) is 5.82 Å². The lowest BCUT2D eigenvalue weighted by molar-refractivity contribution is 0.185. The Kier molecular flexibility index (Phi) is 6.99. The van der Waals surface area contributed by atoms with E-state index in [0.29, 0.717) is 17.8 Å². The van der Waals surface area contributed by atoms with Crippen LogP contribution in [0.4, 0.5) is 10.1 Å². The van der Waals surface area contributed by atoms with Crippen LogP contribution in [0.5, 0.6) is 0 Å². The van der Waals surface area contributed by atoms with Crippen LogP contribution in [0.3, 0.4) is 0 Å². The molecule has 3 aromatic rings. The highest BCUT2D eigenvalue weighted by Crippen LogP contribution is 2.23. The summed E-state index contributed by atoms with van der Waals surface area (Å²) in [4.78, 5) is 7.34. The molecule has 0 spiro atoms. The molecule has 1 fully saturated rings. The number of piperazine rings is 1. The van der Waals surface area contributed by atoms with Crippen LogP contribution in [-0.4, -0.2) is 60.8 Å². The van der Waals surface area contributed by atoms with Crippen LogP contribution >= 0.6 is 0 Å². The molecule has 4 rings (SSSR count). The zero-order valence-electron chi connectivity index (χ0n) is 18.4. The summed E-state index contributed by atoms with van der Waals surface area (Å²) in [6, 6.07) is 17.3. The number of aryl methyl sites for hydroxylation is 1. The Bertz CT molecular complexity index is 964. The Balaban J connectivity index is 1.26. The van der Waals surface area contributed by atoms with Crippen molar-refractivity contribution in [2.75, 3.05) is 50.7 Å². The molecule has 0 saturated carbocycles. The van der Waals surface area contributed by atoms with Gasteiger partial charge < -0.3 is 9.42 Å². The van der Waals surface area contributed by atoms with Gasteiger partial charge in [-0.1, -0.05) is 41.9 Å². The highest BCUT2D eigenvalue weighted by molar-refractivity contribution is 5.59. The Labute approximate surface area is 184 Å². The molecule has 0 amide bonds. The molecule has 0 N–H and O–H groups in total. The molecule has 1 saturated heterocycles. The SMILES string of the molecule is CCN(CCN1CCN(c2ccc(C)cc2)CC1)Cc1cc(-c2ccccc2F)no1. The van der Waals surface area contributed by atoms with Gasteiger partial charge in [0.1, 0.15) is 11.5 Å². The number of nitrogens with zero attached hydrogens (tertiary/aromatic N) is 4. The normalized spacial score (nSPS) is 15.0. The van der Waals surface area contributed by atoms with E-state index in [1.54, 1.807) is 12.1 Å². The zero-order chi connectivity index (χ0) is 21.6. The van der Waals surface area contributed by atoms with Gasteiger partial charge in [-0.2, -0.15) is 0 Å². The molecule has 1 aromatic heterocycles. The first-order valence-electron chi connectivity index (χ1n) is 11.1. The number of hydrogen-bond donors (Lipinski definition) is 0. The minimum absolute atomic E-state index is 0.278. The zero-order valence-corrected chi connectivity index (χ0v) is 18.4. The van der Waals surface area contributed by atoms with Gasteiger partial charge in [-0.25, -0.2) is 4.39 Å². The maximum Gasteiger partial charge on any atom is 0.151 e. The average Bonchev–Trinajstić information content (AvgIpc) is 3.26. The van der Waals surface area contributed by atoms with Gasteiger partial charge in [0.25, 0.3) is 0 Å². The number of hydrogen-bond acceptors (Lipinski definition) is 5. The van der Waals surface area contributed by atoms with Gasteiger partial charge in [-0.15, -0.1) is 0 Å². The molecule has 31 heavy (non-hydrogen) atoms. The molecule has 164 valence electrons. The van der Waals surface area contributed by atoms with E-state index in [2.05, 4.69) is 58.0 Å². The topological polar surface area (TPSA) is 35.8 Å². The van der Waals surface area contributed by atoms with E-state index >= 15 is 0 Å². The summed E-state index contributed by atoms with van der Waals surface area (Å²) in [6.45, 7) is 12.2. The maximum absolute atomic E-state index is 14.0. The number of anilines is 1. The first-order chi connectivity index (χ1) is 15.1. The predicted octanol–water partition coefficient (Wildman–Crippen LogP) is 4.43. The Morgan fingerprint density at radius 3 is 2.48 bits per heavy atom. The fourth-order valence-electron chi connectivity index (χ4n) is 4.02. The number of aromatic nitrogens is 1. The second-order valence-electron chi connectivity index (χ2n) is 8.19. The molecular weight excluding hydrogens is 391 g/mol. The van der Waals surface area contributed by atoms with Gasteiger partial charge in [0.05, 0.1) is 6.54 Å².